The number of aromatic nitrogens is 3. The fraction of sp³-hybridized carbons (Fsp3) is 0.217. The minimum absolute atomic E-state index is 0.00164. The Hall–Kier alpha value is -3.32. The van der Waals surface area contributed by atoms with E-state index in [9.17, 15) is 9.59 Å². The fourth-order valence-electron chi connectivity index (χ4n) is 3.47. The van der Waals surface area contributed by atoms with Crippen LogP contribution in [0.2, 0.25) is 0 Å². The number of fused-ring (bicyclic) bond motifs is 1. The van der Waals surface area contributed by atoms with Crippen LogP contribution in [-0.2, 0) is 4.79 Å². The second-order valence-electron chi connectivity index (χ2n) is 7.01. The molecule has 1 amide bonds. The predicted octanol–water partition coefficient (Wildman–Crippen LogP) is 5.06. The van der Waals surface area contributed by atoms with Crippen LogP contribution in [-0.4, -0.2) is 26.3 Å². The molecule has 30 heavy (non-hydrogen) atoms. The number of ketones is 1. The Balaban J connectivity index is 1.69. The molecule has 0 bridgehead atoms. The molecule has 6 nitrogen and oxygen atoms in total. The summed E-state index contributed by atoms with van der Waals surface area (Å²) < 4.78 is 1.67. The van der Waals surface area contributed by atoms with Crippen LogP contribution in [0.5, 0.6) is 0 Å². The molecule has 1 aromatic carbocycles. The number of hydrogen-bond acceptors (Lipinski definition) is 5. The summed E-state index contributed by atoms with van der Waals surface area (Å²) in [6.07, 6.45) is 4.85. The summed E-state index contributed by atoms with van der Waals surface area (Å²) in [4.78, 5) is 30.3. The zero-order valence-electron chi connectivity index (χ0n) is 16.8. The monoisotopic (exact) mass is 418 g/mol. The SMILES string of the molecule is CCC(CC)C(=O)Nc1cccc(-c2ccnc3c(C(=O)c4cccs4)cnn23)c1. The molecule has 0 fully saturated rings. The number of benzene rings is 1. The number of anilines is 1. The molecular formula is C23H22N4O2S. The summed E-state index contributed by atoms with van der Waals surface area (Å²) in [6, 6.07) is 13.1. The smallest absolute Gasteiger partial charge is 0.227 e. The van der Waals surface area contributed by atoms with Gasteiger partial charge >= 0.3 is 0 Å². The van der Waals surface area contributed by atoms with E-state index in [0.29, 0.717) is 16.1 Å². The second-order valence-corrected chi connectivity index (χ2v) is 7.96. The third-order valence-electron chi connectivity index (χ3n) is 5.17. The molecule has 0 atom stereocenters. The molecular weight excluding hydrogens is 396 g/mol. The largest absolute Gasteiger partial charge is 0.326 e. The molecule has 7 heteroatoms. The Morgan fingerprint density at radius 3 is 2.70 bits per heavy atom. The van der Waals surface area contributed by atoms with Crippen LogP contribution in [0.4, 0.5) is 5.69 Å². The molecule has 3 aromatic heterocycles. The molecule has 0 aliphatic carbocycles. The zero-order valence-corrected chi connectivity index (χ0v) is 17.6. The van der Waals surface area contributed by atoms with Gasteiger partial charge in [0.15, 0.2) is 5.65 Å². The number of nitrogens with zero attached hydrogens (tertiary/aromatic N) is 3. The van der Waals surface area contributed by atoms with Crippen molar-refractivity contribution in [3.05, 3.63) is 70.7 Å². The average Bonchev–Trinajstić information content (AvgIpc) is 3.44. The van der Waals surface area contributed by atoms with Gasteiger partial charge in [-0.05, 0) is 42.5 Å². The van der Waals surface area contributed by atoms with E-state index in [-0.39, 0.29) is 17.6 Å². The minimum atomic E-state index is -0.0872. The zero-order chi connectivity index (χ0) is 21.1. The Labute approximate surface area is 178 Å². The van der Waals surface area contributed by atoms with Gasteiger partial charge in [-0.2, -0.15) is 5.10 Å². The van der Waals surface area contributed by atoms with Crippen molar-refractivity contribution in [1.29, 1.82) is 0 Å². The molecule has 4 rings (SSSR count). The Morgan fingerprint density at radius 2 is 1.97 bits per heavy atom. The van der Waals surface area contributed by atoms with Gasteiger partial charge in [-0.15, -0.1) is 11.3 Å². The first-order valence-corrected chi connectivity index (χ1v) is 10.8. The number of thiophene rings is 1. The van der Waals surface area contributed by atoms with E-state index in [2.05, 4.69) is 15.4 Å². The third kappa shape index (κ3) is 3.76. The topological polar surface area (TPSA) is 76.4 Å². The quantitative estimate of drug-likeness (QED) is 0.426. The lowest BCUT2D eigenvalue weighted by Crippen LogP contribution is -2.21. The van der Waals surface area contributed by atoms with Gasteiger partial charge in [0.1, 0.15) is 0 Å². The van der Waals surface area contributed by atoms with Gasteiger partial charge in [0.05, 0.1) is 22.3 Å². The van der Waals surface area contributed by atoms with E-state index < -0.39 is 0 Å². The van der Waals surface area contributed by atoms with Gasteiger partial charge < -0.3 is 5.32 Å². The van der Waals surface area contributed by atoms with Crippen LogP contribution in [0.1, 0.15) is 41.9 Å². The van der Waals surface area contributed by atoms with E-state index in [1.807, 2.05) is 55.6 Å². The number of amides is 1. The maximum absolute atomic E-state index is 12.8. The molecule has 0 saturated heterocycles. The number of carbonyl (C=O) groups is 2. The van der Waals surface area contributed by atoms with Crippen LogP contribution in [0, 0.1) is 5.92 Å². The van der Waals surface area contributed by atoms with Crippen molar-refractivity contribution in [2.45, 2.75) is 26.7 Å². The average molecular weight is 419 g/mol. The second kappa shape index (κ2) is 8.59. The first-order chi connectivity index (χ1) is 14.6. The van der Waals surface area contributed by atoms with Crippen LogP contribution in [0.3, 0.4) is 0 Å². The molecule has 1 N–H and O–H groups in total. The highest BCUT2D eigenvalue weighted by molar-refractivity contribution is 7.12. The number of rotatable bonds is 7. The van der Waals surface area contributed by atoms with Gasteiger partial charge in [-0.3, -0.25) is 9.59 Å². The molecule has 0 saturated carbocycles. The third-order valence-corrected chi connectivity index (χ3v) is 6.04. The van der Waals surface area contributed by atoms with Crippen LogP contribution < -0.4 is 5.32 Å². The lowest BCUT2D eigenvalue weighted by atomic mass is 10.0. The summed E-state index contributed by atoms with van der Waals surface area (Å²) in [5.41, 5.74) is 3.39. The number of hydrogen-bond donors (Lipinski definition) is 1. The predicted molar refractivity (Wildman–Crippen MR) is 119 cm³/mol. The van der Waals surface area contributed by atoms with Gasteiger partial charge in [0, 0.05) is 23.4 Å². The van der Waals surface area contributed by atoms with Crippen LogP contribution in [0.15, 0.2) is 60.2 Å². The number of carbonyl (C=O) groups excluding carboxylic acids is 2. The maximum atomic E-state index is 12.8. The first-order valence-electron chi connectivity index (χ1n) is 9.94. The Morgan fingerprint density at radius 1 is 1.13 bits per heavy atom. The Bertz CT molecular complexity index is 1190. The molecule has 152 valence electrons. The molecule has 3 heterocycles. The van der Waals surface area contributed by atoms with E-state index in [0.717, 1.165) is 29.8 Å². The van der Waals surface area contributed by atoms with E-state index in [1.165, 1.54) is 11.3 Å². The van der Waals surface area contributed by atoms with Crippen molar-refractivity contribution < 1.29 is 9.59 Å². The van der Waals surface area contributed by atoms with E-state index >= 15 is 0 Å². The van der Waals surface area contributed by atoms with Crippen molar-refractivity contribution in [2.24, 2.45) is 5.92 Å². The summed E-state index contributed by atoms with van der Waals surface area (Å²) in [6.45, 7) is 4.04. The highest BCUT2D eigenvalue weighted by Crippen LogP contribution is 2.26. The molecule has 0 unspecified atom stereocenters. The van der Waals surface area contributed by atoms with Crippen molar-refractivity contribution in [3.63, 3.8) is 0 Å². The highest BCUT2D eigenvalue weighted by Gasteiger charge is 2.19. The molecule has 0 radical (unpaired) electrons. The standard InChI is InChI=1S/C23H22N4O2S/c1-3-15(4-2)23(29)26-17-8-5-7-16(13-17)19-10-11-24-22-18(14-25-27(19)22)21(28)20-9-6-12-30-20/h5-15H,3-4H2,1-2H3,(H,26,29). The molecule has 0 aliphatic rings. The highest BCUT2D eigenvalue weighted by atomic mass is 32.1. The number of nitrogens with one attached hydrogen (secondary N) is 1. The molecule has 4 aromatic rings. The van der Waals surface area contributed by atoms with Crippen molar-refractivity contribution in [1.82, 2.24) is 14.6 Å². The normalized spacial score (nSPS) is 11.2. The van der Waals surface area contributed by atoms with Gasteiger partial charge in [-0.25, -0.2) is 9.50 Å². The maximum Gasteiger partial charge on any atom is 0.227 e. The van der Waals surface area contributed by atoms with Crippen molar-refractivity contribution >= 4 is 34.4 Å². The fourth-order valence-corrected chi connectivity index (χ4v) is 4.15. The van der Waals surface area contributed by atoms with E-state index in [1.54, 1.807) is 23.0 Å². The minimum Gasteiger partial charge on any atom is -0.326 e. The summed E-state index contributed by atoms with van der Waals surface area (Å²) in [5.74, 6) is -0.0611. The molecule has 0 aliphatic heterocycles. The lowest BCUT2D eigenvalue weighted by Gasteiger charge is -2.13. The van der Waals surface area contributed by atoms with Gasteiger partial charge in [-0.1, -0.05) is 32.0 Å². The van der Waals surface area contributed by atoms with Crippen molar-refractivity contribution in [3.8, 4) is 11.3 Å². The van der Waals surface area contributed by atoms with Gasteiger partial charge in [0.25, 0.3) is 0 Å². The van der Waals surface area contributed by atoms with E-state index in [4.69, 9.17) is 0 Å². The summed E-state index contributed by atoms with van der Waals surface area (Å²) in [7, 11) is 0. The van der Waals surface area contributed by atoms with Crippen LogP contribution in [0.25, 0.3) is 16.9 Å². The van der Waals surface area contributed by atoms with Crippen molar-refractivity contribution in [2.75, 3.05) is 5.32 Å². The molecule has 0 spiro atoms. The first kappa shape index (κ1) is 20.0. The summed E-state index contributed by atoms with van der Waals surface area (Å²) >= 11 is 1.40. The van der Waals surface area contributed by atoms with Gasteiger partial charge in [0.2, 0.25) is 11.7 Å². The lowest BCUT2D eigenvalue weighted by molar-refractivity contribution is -0.120. The van der Waals surface area contributed by atoms with Crippen LogP contribution >= 0.6 is 11.3 Å². The Kier molecular flexibility index (Phi) is 5.72. The summed E-state index contributed by atoms with van der Waals surface area (Å²) in [5, 5.41) is 9.30.